The van der Waals surface area contributed by atoms with Crippen LogP contribution in [0, 0.1) is 5.92 Å². The number of rotatable bonds is 8. The molecule has 1 atom stereocenters. The summed E-state index contributed by atoms with van der Waals surface area (Å²) in [4.78, 5) is 24.4. The summed E-state index contributed by atoms with van der Waals surface area (Å²) >= 11 is 1.14. The maximum atomic E-state index is 11.6. The average Bonchev–Trinajstić information content (AvgIpc) is 2.82. The van der Waals surface area contributed by atoms with Gasteiger partial charge < -0.3 is 10.4 Å². The maximum Gasteiger partial charge on any atom is 0.313 e. The predicted molar refractivity (Wildman–Crippen MR) is 77.4 cm³/mol. The Kier molecular flexibility index (Phi) is 7.23. The Bertz CT molecular complexity index is 304. The quantitative estimate of drug-likeness (QED) is 0.698. The van der Waals surface area contributed by atoms with E-state index in [9.17, 15) is 9.59 Å². The molecule has 0 aromatic rings. The maximum absolute atomic E-state index is 11.6. The Hall–Kier alpha value is -0.750. The largest absolute Gasteiger partial charge is 0.481 e. The molecule has 1 rings (SSSR count). The first kappa shape index (κ1) is 16.3. The molecule has 6 heteroatoms. The van der Waals surface area contributed by atoms with Crippen molar-refractivity contribution in [3.05, 3.63) is 0 Å². The summed E-state index contributed by atoms with van der Waals surface area (Å²) in [7, 11) is 0. The number of aliphatic carboxylic acids is 1. The molecule has 0 aromatic carbocycles. The van der Waals surface area contributed by atoms with Gasteiger partial charge in [0, 0.05) is 12.6 Å². The first-order valence-corrected chi connectivity index (χ1v) is 7.96. The van der Waals surface area contributed by atoms with Gasteiger partial charge in [-0.3, -0.25) is 14.5 Å². The van der Waals surface area contributed by atoms with Crippen molar-refractivity contribution in [2.75, 3.05) is 31.1 Å². The molecule has 0 saturated carbocycles. The van der Waals surface area contributed by atoms with E-state index in [0.29, 0.717) is 18.5 Å². The van der Waals surface area contributed by atoms with Crippen LogP contribution in [0.1, 0.15) is 26.7 Å². The fourth-order valence-corrected chi connectivity index (χ4v) is 2.92. The predicted octanol–water partition coefficient (Wildman–Crippen LogP) is 1.04. The number of likely N-dealkylation sites (tertiary alicyclic amines) is 1. The minimum atomic E-state index is -0.880. The van der Waals surface area contributed by atoms with Gasteiger partial charge in [-0.2, -0.15) is 0 Å². The smallest absolute Gasteiger partial charge is 0.313 e. The van der Waals surface area contributed by atoms with Crippen LogP contribution in [0.5, 0.6) is 0 Å². The fourth-order valence-electron chi connectivity index (χ4n) is 2.36. The standard InChI is InChI=1S/C13H24N2O3S/c1-10(2)11(15-5-3-4-6-15)7-14-12(16)8-19-9-13(17)18/h10-11H,3-9H2,1-2H3,(H,14,16)(H,17,18). The van der Waals surface area contributed by atoms with Crippen LogP contribution in [0.15, 0.2) is 0 Å². The number of carboxylic acids is 1. The molecule has 1 amide bonds. The molecule has 2 N–H and O–H groups in total. The second kappa shape index (κ2) is 8.43. The zero-order valence-electron chi connectivity index (χ0n) is 11.7. The molecule has 1 aliphatic rings. The molecular weight excluding hydrogens is 264 g/mol. The molecule has 1 unspecified atom stereocenters. The van der Waals surface area contributed by atoms with E-state index in [1.165, 1.54) is 12.8 Å². The van der Waals surface area contributed by atoms with E-state index in [-0.39, 0.29) is 17.4 Å². The molecule has 1 saturated heterocycles. The highest BCUT2D eigenvalue weighted by atomic mass is 32.2. The van der Waals surface area contributed by atoms with Crippen molar-refractivity contribution in [1.29, 1.82) is 0 Å². The van der Waals surface area contributed by atoms with Crippen LogP contribution in [0.2, 0.25) is 0 Å². The van der Waals surface area contributed by atoms with Gasteiger partial charge in [0.15, 0.2) is 0 Å². The SMILES string of the molecule is CC(C)C(CNC(=O)CSCC(=O)O)N1CCCC1. The van der Waals surface area contributed by atoms with Crippen molar-refractivity contribution in [2.45, 2.75) is 32.7 Å². The van der Waals surface area contributed by atoms with Crippen LogP contribution in [-0.4, -0.2) is 59.1 Å². The average molecular weight is 288 g/mol. The summed E-state index contributed by atoms with van der Waals surface area (Å²) in [6.07, 6.45) is 2.48. The highest BCUT2D eigenvalue weighted by Crippen LogP contribution is 2.17. The molecule has 1 aliphatic heterocycles. The van der Waals surface area contributed by atoms with E-state index in [1.54, 1.807) is 0 Å². The number of hydrogen-bond acceptors (Lipinski definition) is 4. The first-order chi connectivity index (χ1) is 9.00. The summed E-state index contributed by atoms with van der Waals surface area (Å²) < 4.78 is 0. The van der Waals surface area contributed by atoms with E-state index in [2.05, 4.69) is 24.1 Å². The topological polar surface area (TPSA) is 69.6 Å². The van der Waals surface area contributed by atoms with Crippen molar-refractivity contribution >= 4 is 23.6 Å². The molecule has 110 valence electrons. The first-order valence-electron chi connectivity index (χ1n) is 6.81. The number of amides is 1. The number of nitrogens with one attached hydrogen (secondary N) is 1. The van der Waals surface area contributed by atoms with Gasteiger partial charge in [0.05, 0.1) is 11.5 Å². The van der Waals surface area contributed by atoms with Crippen molar-refractivity contribution < 1.29 is 14.7 Å². The van der Waals surface area contributed by atoms with Gasteiger partial charge in [0.25, 0.3) is 0 Å². The number of thioether (sulfide) groups is 1. The molecule has 0 bridgehead atoms. The van der Waals surface area contributed by atoms with Crippen LogP contribution >= 0.6 is 11.8 Å². The Labute approximate surface area is 119 Å². The van der Waals surface area contributed by atoms with Gasteiger partial charge in [-0.25, -0.2) is 0 Å². The fraction of sp³-hybridized carbons (Fsp3) is 0.846. The van der Waals surface area contributed by atoms with Crippen LogP contribution in [-0.2, 0) is 9.59 Å². The second-order valence-corrected chi connectivity index (χ2v) is 6.23. The Balaban J connectivity index is 2.27. The van der Waals surface area contributed by atoms with Crippen LogP contribution in [0.25, 0.3) is 0 Å². The summed E-state index contributed by atoms with van der Waals surface area (Å²) in [5.74, 6) is -0.249. The molecule has 0 spiro atoms. The van der Waals surface area contributed by atoms with Gasteiger partial charge in [-0.05, 0) is 31.8 Å². The lowest BCUT2D eigenvalue weighted by molar-refractivity contribution is -0.133. The Morgan fingerprint density at radius 1 is 1.26 bits per heavy atom. The number of hydrogen-bond donors (Lipinski definition) is 2. The van der Waals surface area contributed by atoms with Crippen molar-refractivity contribution in [2.24, 2.45) is 5.92 Å². The third-order valence-electron chi connectivity index (χ3n) is 3.35. The number of nitrogens with zero attached hydrogens (tertiary/aromatic N) is 1. The number of carbonyl (C=O) groups excluding carboxylic acids is 1. The van der Waals surface area contributed by atoms with Crippen molar-refractivity contribution in [3.8, 4) is 0 Å². The summed E-state index contributed by atoms with van der Waals surface area (Å²) in [6.45, 7) is 7.24. The third kappa shape index (κ3) is 6.29. The molecule has 1 heterocycles. The van der Waals surface area contributed by atoms with Gasteiger partial charge in [0.1, 0.15) is 0 Å². The van der Waals surface area contributed by atoms with E-state index >= 15 is 0 Å². The Morgan fingerprint density at radius 3 is 2.42 bits per heavy atom. The van der Waals surface area contributed by atoms with Gasteiger partial charge in [0.2, 0.25) is 5.91 Å². The van der Waals surface area contributed by atoms with E-state index in [0.717, 1.165) is 24.9 Å². The Morgan fingerprint density at radius 2 is 1.89 bits per heavy atom. The van der Waals surface area contributed by atoms with E-state index in [1.807, 2.05) is 0 Å². The summed E-state index contributed by atoms with van der Waals surface area (Å²) in [6, 6.07) is 0.385. The third-order valence-corrected chi connectivity index (χ3v) is 4.26. The van der Waals surface area contributed by atoms with Gasteiger partial charge in [-0.1, -0.05) is 13.8 Å². The highest BCUT2D eigenvalue weighted by molar-refractivity contribution is 8.00. The molecule has 0 aliphatic carbocycles. The summed E-state index contributed by atoms with van der Waals surface area (Å²) in [5, 5.41) is 11.4. The zero-order valence-corrected chi connectivity index (χ0v) is 12.5. The number of carbonyl (C=O) groups is 2. The van der Waals surface area contributed by atoms with Gasteiger partial charge >= 0.3 is 5.97 Å². The molecule has 1 fully saturated rings. The lowest BCUT2D eigenvalue weighted by Gasteiger charge is -2.30. The molecule has 0 radical (unpaired) electrons. The van der Waals surface area contributed by atoms with E-state index in [4.69, 9.17) is 5.11 Å². The zero-order chi connectivity index (χ0) is 14.3. The molecule has 5 nitrogen and oxygen atoms in total. The lowest BCUT2D eigenvalue weighted by atomic mass is 10.0. The normalized spacial score (nSPS) is 17.6. The molecule has 19 heavy (non-hydrogen) atoms. The van der Waals surface area contributed by atoms with Crippen molar-refractivity contribution in [1.82, 2.24) is 10.2 Å². The van der Waals surface area contributed by atoms with Crippen molar-refractivity contribution in [3.63, 3.8) is 0 Å². The summed E-state index contributed by atoms with van der Waals surface area (Å²) in [5.41, 5.74) is 0. The van der Waals surface area contributed by atoms with Crippen LogP contribution in [0.4, 0.5) is 0 Å². The van der Waals surface area contributed by atoms with E-state index < -0.39 is 5.97 Å². The number of carboxylic acid groups (broad SMARTS) is 1. The minimum absolute atomic E-state index is 0.0207. The monoisotopic (exact) mass is 288 g/mol. The lowest BCUT2D eigenvalue weighted by Crippen LogP contribution is -2.46. The van der Waals surface area contributed by atoms with Crippen LogP contribution < -0.4 is 5.32 Å². The molecule has 0 aromatic heterocycles. The molecular formula is C13H24N2O3S. The van der Waals surface area contributed by atoms with Crippen LogP contribution in [0.3, 0.4) is 0 Å². The minimum Gasteiger partial charge on any atom is -0.481 e. The highest BCUT2D eigenvalue weighted by Gasteiger charge is 2.24. The van der Waals surface area contributed by atoms with Gasteiger partial charge in [-0.15, -0.1) is 11.8 Å². The second-order valence-electron chi connectivity index (χ2n) is 5.25.